The number of benzene rings is 3. The van der Waals surface area contributed by atoms with Crippen molar-refractivity contribution in [3.63, 3.8) is 0 Å². The molecule has 3 N–H and O–H groups in total. The number of aromatic hydroxyl groups is 1. The van der Waals surface area contributed by atoms with Crippen molar-refractivity contribution in [1.29, 1.82) is 0 Å². The molecule has 1 fully saturated rings. The molecule has 3 aromatic carbocycles. The summed E-state index contributed by atoms with van der Waals surface area (Å²) < 4.78 is 22.6. The van der Waals surface area contributed by atoms with Crippen LogP contribution in [0, 0.1) is 16.0 Å². The third kappa shape index (κ3) is 4.23. The second kappa shape index (κ2) is 10.9. The van der Waals surface area contributed by atoms with Crippen LogP contribution in [0.25, 0.3) is 11.1 Å². The number of piperidine rings is 1. The van der Waals surface area contributed by atoms with Gasteiger partial charge in [-0.1, -0.05) is 12.2 Å². The van der Waals surface area contributed by atoms with Crippen molar-refractivity contribution < 1.29 is 38.9 Å². The lowest BCUT2D eigenvalue weighted by molar-refractivity contribution is -0.384. The number of amides is 1. The second-order valence-electron chi connectivity index (χ2n) is 12.3. The van der Waals surface area contributed by atoms with Gasteiger partial charge in [-0.15, -0.1) is 0 Å². The zero-order chi connectivity index (χ0) is 32.5. The van der Waals surface area contributed by atoms with Gasteiger partial charge in [0.05, 0.1) is 31.8 Å². The van der Waals surface area contributed by atoms with Crippen molar-refractivity contribution in [3.8, 4) is 39.9 Å². The van der Waals surface area contributed by atoms with Crippen LogP contribution in [-0.2, 0) is 18.4 Å². The molecule has 5 atom stereocenters. The number of nitro benzene ring substituents is 1. The number of nitrogens with zero attached hydrogens (tertiary/aromatic N) is 2. The van der Waals surface area contributed by atoms with Crippen molar-refractivity contribution in [2.24, 2.45) is 5.92 Å². The average molecular weight is 630 g/mol. The average Bonchev–Trinajstić information content (AvgIpc) is 3.42. The molecule has 1 spiro atoms. The minimum Gasteiger partial charge on any atom is -0.504 e. The number of rotatable bonds is 8. The second-order valence-corrected chi connectivity index (χ2v) is 12.3. The first-order valence-corrected chi connectivity index (χ1v) is 15.1. The summed E-state index contributed by atoms with van der Waals surface area (Å²) in [5.41, 5.74) is 2.81. The number of aliphatic hydroxyl groups is 1. The standard InChI is InChI=1S/C34H35N3O9/c1-36-10-9-34-23-7-8-25(38)32(34)46-30-26(39)15-20(21(29(30)34)14-24(23)36)19-6-5-18(37(41)42)13-22(19)33(40)35-16-17-11-27(43-2)31(45-4)28(12-17)44-3/h5-8,11-13,15,23-25,32,38-39H,9-10,14,16H2,1-4H3,(H,35,40)/t23-,24+,25-,32-,34-/m0/s1. The summed E-state index contributed by atoms with van der Waals surface area (Å²) in [4.78, 5) is 27.5. The van der Waals surface area contributed by atoms with Gasteiger partial charge in [-0.2, -0.15) is 0 Å². The molecule has 2 aliphatic carbocycles. The van der Waals surface area contributed by atoms with Crippen LogP contribution in [0.1, 0.15) is 33.5 Å². The monoisotopic (exact) mass is 629 g/mol. The molecule has 240 valence electrons. The highest BCUT2D eigenvalue weighted by atomic mass is 16.6. The minimum atomic E-state index is -0.836. The smallest absolute Gasteiger partial charge is 0.270 e. The summed E-state index contributed by atoms with van der Waals surface area (Å²) in [5, 5.41) is 37.1. The molecule has 0 aromatic heterocycles. The summed E-state index contributed by atoms with van der Waals surface area (Å²) in [6, 6.07) is 9.30. The van der Waals surface area contributed by atoms with Crippen LogP contribution in [0.3, 0.4) is 0 Å². The molecule has 2 bridgehead atoms. The van der Waals surface area contributed by atoms with Gasteiger partial charge >= 0.3 is 0 Å². The number of aliphatic hydroxyl groups excluding tert-OH is 1. The van der Waals surface area contributed by atoms with Gasteiger partial charge in [-0.3, -0.25) is 14.9 Å². The van der Waals surface area contributed by atoms with Crippen LogP contribution in [0.5, 0.6) is 28.7 Å². The summed E-state index contributed by atoms with van der Waals surface area (Å²) in [5.74, 6) is 1.07. The van der Waals surface area contributed by atoms with Crippen LogP contribution >= 0.6 is 0 Å². The Morgan fingerprint density at radius 3 is 2.52 bits per heavy atom. The zero-order valence-electron chi connectivity index (χ0n) is 25.9. The molecule has 7 rings (SSSR count). The number of nitrogens with one attached hydrogen (secondary N) is 1. The number of non-ortho nitro benzene ring substituents is 1. The summed E-state index contributed by atoms with van der Waals surface area (Å²) >= 11 is 0. The highest BCUT2D eigenvalue weighted by Crippen LogP contribution is 2.64. The maximum absolute atomic E-state index is 13.9. The number of likely N-dealkylation sites (N-methyl/N-ethyl adjacent to an activating group) is 1. The van der Waals surface area contributed by atoms with E-state index >= 15 is 0 Å². The van der Waals surface area contributed by atoms with Crippen molar-refractivity contribution in [3.05, 3.63) is 80.9 Å². The fraction of sp³-hybridized carbons (Fsp3) is 0.382. The van der Waals surface area contributed by atoms with E-state index in [0.29, 0.717) is 46.1 Å². The lowest BCUT2D eigenvalue weighted by atomic mass is 9.53. The Hall–Kier alpha value is -4.81. The maximum Gasteiger partial charge on any atom is 0.270 e. The third-order valence-corrected chi connectivity index (χ3v) is 10.2. The molecule has 0 saturated carbocycles. The highest BCUT2D eigenvalue weighted by Gasteiger charge is 2.64. The topological polar surface area (TPSA) is 153 Å². The van der Waals surface area contributed by atoms with E-state index in [2.05, 4.69) is 23.3 Å². The van der Waals surface area contributed by atoms with Gasteiger partial charge in [0.2, 0.25) is 5.75 Å². The molecule has 46 heavy (non-hydrogen) atoms. The van der Waals surface area contributed by atoms with E-state index in [1.165, 1.54) is 33.5 Å². The van der Waals surface area contributed by atoms with E-state index in [0.717, 1.165) is 24.1 Å². The molecule has 2 aliphatic heterocycles. The van der Waals surface area contributed by atoms with E-state index in [1.54, 1.807) is 30.3 Å². The third-order valence-electron chi connectivity index (χ3n) is 10.2. The predicted molar refractivity (Wildman–Crippen MR) is 167 cm³/mol. The van der Waals surface area contributed by atoms with Crippen LogP contribution in [0.2, 0.25) is 0 Å². The summed E-state index contributed by atoms with van der Waals surface area (Å²) in [6.07, 6.45) is 3.83. The van der Waals surface area contributed by atoms with Gasteiger partial charge in [0, 0.05) is 41.6 Å². The Kier molecular flexibility index (Phi) is 7.09. The van der Waals surface area contributed by atoms with Crippen molar-refractivity contribution in [2.75, 3.05) is 34.9 Å². The first kappa shape index (κ1) is 29.9. The Labute approximate surface area is 265 Å². The summed E-state index contributed by atoms with van der Waals surface area (Å²) in [6.45, 7) is 0.870. The van der Waals surface area contributed by atoms with E-state index in [1.807, 2.05) is 0 Å². The number of phenolic OH excluding ortho intramolecular Hbond substituents is 1. The summed E-state index contributed by atoms with van der Waals surface area (Å²) in [7, 11) is 6.58. The Morgan fingerprint density at radius 1 is 1.11 bits per heavy atom. The van der Waals surface area contributed by atoms with Gasteiger partial charge in [0.15, 0.2) is 23.0 Å². The van der Waals surface area contributed by atoms with Gasteiger partial charge < -0.3 is 39.4 Å². The van der Waals surface area contributed by atoms with Crippen molar-refractivity contribution in [1.82, 2.24) is 10.2 Å². The quantitative estimate of drug-likeness (QED) is 0.191. The lowest BCUT2D eigenvalue weighted by Crippen LogP contribution is -2.64. The SMILES string of the molecule is COc1cc(CNC(=O)c2cc([N+](=O)[O-])ccc2-c2cc(O)c3c4c2C[C@@H]2[C@@H]5C=C[C@H](O)[C@H](O3)[C@]45CCN2C)cc(OC)c1OC. The molecular weight excluding hydrogens is 594 g/mol. The van der Waals surface area contributed by atoms with Gasteiger partial charge in [0.1, 0.15) is 12.2 Å². The number of hydrogen-bond acceptors (Lipinski definition) is 10. The number of likely N-dealkylation sites (tertiary alicyclic amines) is 1. The molecule has 2 heterocycles. The number of carbonyl (C=O) groups is 1. The van der Waals surface area contributed by atoms with Crippen LogP contribution in [-0.4, -0.2) is 79.1 Å². The first-order valence-electron chi connectivity index (χ1n) is 15.1. The lowest BCUT2D eigenvalue weighted by Gasteiger charge is -2.56. The molecule has 3 aromatic rings. The fourth-order valence-electron chi connectivity index (χ4n) is 8.15. The Balaban J connectivity index is 1.33. The number of phenols is 1. The minimum absolute atomic E-state index is 0.0668. The predicted octanol–water partition coefficient (Wildman–Crippen LogP) is 3.73. The number of ether oxygens (including phenoxy) is 4. The molecule has 12 nitrogen and oxygen atoms in total. The molecule has 1 amide bonds. The highest BCUT2D eigenvalue weighted by molar-refractivity contribution is 6.02. The molecular formula is C34H35N3O9. The van der Waals surface area contributed by atoms with Crippen LogP contribution in [0.15, 0.2) is 48.6 Å². The van der Waals surface area contributed by atoms with E-state index in [-0.39, 0.29) is 35.5 Å². The number of carbonyl (C=O) groups excluding carboxylic acids is 1. The number of nitro groups is 1. The van der Waals surface area contributed by atoms with Crippen LogP contribution < -0.4 is 24.3 Å². The normalized spacial score (nSPS) is 25.3. The first-order chi connectivity index (χ1) is 22.1. The largest absolute Gasteiger partial charge is 0.504 e. The molecule has 0 unspecified atom stereocenters. The van der Waals surface area contributed by atoms with Crippen LogP contribution in [0.4, 0.5) is 5.69 Å². The Bertz CT molecular complexity index is 1780. The Morgan fingerprint density at radius 2 is 1.85 bits per heavy atom. The van der Waals surface area contributed by atoms with Crippen molar-refractivity contribution in [2.45, 2.75) is 43.1 Å². The molecule has 12 heteroatoms. The van der Waals surface area contributed by atoms with Gasteiger partial charge in [-0.05, 0) is 73.0 Å². The maximum atomic E-state index is 13.9. The number of hydrogen-bond donors (Lipinski definition) is 3. The van der Waals surface area contributed by atoms with E-state index in [9.17, 15) is 25.1 Å². The van der Waals surface area contributed by atoms with Gasteiger partial charge in [0.25, 0.3) is 11.6 Å². The van der Waals surface area contributed by atoms with E-state index < -0.39 is 28.5 Å². The number of methoxy groups -OCH3 is 3. The molecule has 4 aliphatic rings. The van der Waals surface area contributed by atoms with E-state index in [4.69, 9.17) is 18.9 Å². The molecule has 0 radical (unpaired) electrons. The zero-order valence-corrected chi connectivity index (χ0v) is 25.9. The fourth-order valence-corrected chi connectivity index (χ4v) is 8.15. The van der Waals surface area contributed by atoms with Crippen molar-refractivity contribution >= 4 is 11.6 Å². The van der Waals surface area contributed by atoms with Gasteiger partial charge in [-0.25, -0.2) is 0 Å². The molecule has 1 saturated heterocycles.